The van der Waals surface area contributed by atoms with Crippen LogP contribution in [-0.2, 0) is 5.41 Å². The van der Waals surface area contributed by atoms with Crippen LogP contribution in [0.1, 0.15) is 25.8 Å². The number of alkyl halides is 3. The SMILES string of the molecule is CCCN(CC(F)(F)F)CC(C)(CNC)c1ccccc1. The van der Waals surface area contributed by atoms with Gasteiger partial charge in [-0.1, -0.05) is 44.2 Å². The Bertz CT molecular complexity index is 406. The van der Waals surface area contributed by atoms with Gasteiger partial charge in [-0.25, -0.2) is 0 Å². The van der Waals surface area contributed by atoms with Gasteiger partial charge in [-0.3, -0.25) is 4.90 Å². The van der Waals surface area contributed by atoms with E-state index in [9.17, 15) is 13.2 Å². The Kier molecular flexibility index (Phi) is 6.68. The second kappa shape index (κ2) is 7.80. The number of hydrogen-bond donors (Lipinski definition) is 1. The van der Waals surface area contributed by atoms with E-state index in [0.29, 0.717) is 26.1 Å². The van der Waals surface area contributed by atoms with Crippen LogP contribution >= 0.6 is 0 Å². The van der Waals surface area contributed by atoms with Crippen LogP contribution in [0.4, 0.5) is 13.2 Å². The van der Waals surface area contributed by atoms with Crippen molar-refractivity contribution < 1.29 is 13.2 Å². The summed E-state index contributed by atoms with van der Waals surface area (Å²) in [7, 11) is 1.83. The standard InChI is InChI=1S/C16H25F3N2/c1-4-10-21(13-16(17,18)19)12-15(2,11-20-3)14-8-6-5-7-9-14/h5-9,20H,4,10-13H2,1-3H3. The summed E-state index contributed by atoms with van der Waals surface area (Å²) in [4.78, 5) is 1.50. The molecule has 1 aromatic carbocycles. The van der Waals surface area contributed by atoms with Gasteiger partial charge in [0.15, 0.2) is 0 Å². The Hall–Kier alpha value is -1.07. The molecule has 0 aliphatic carbocycles. The molecule has 1 N–H and O–H groups in total. The van der Waals surface area contributed by atoms with E-state index >= 15 is 0 Å². The van der Waals surface area contributed by atoms with Crippen molar-refractivity contribution in [3.8, 4) is 0 Å². The molecule has 0 amide bonds. The highest BCUT2D eigenvalue weighted by molar-refractivity contribution is 5.25. The van der Waals surface area contributed by atoms with Gasteiger partial charge in [0.2, 0.25) is 0 Å². The van der Waals surface area contributed by atoms with Gasteiger partial charge in [0, 0.05) is 18.5 Å². The molecule has 0 aliphatic rings. The second-order valence-electron chi connectivity index (χ2n) is 5.78. The Labute approximate surface area is 125 Å². The third-order valence-corrected chi connectivity index (χ3v) is 3.55. The fourth-order valence-electron chi connectivity index (χ4n) is 2.76. The first kappa shape index (κ1) is 18.0. The van der Waals surface area contributed by atoms with Crippen LogP contribution in [0.2, 0.25) is 0 Å². The predicted octanol–water partition coefficient (Wildman–Crippen LogP) is 3.44. The van der Waals surface area contributed by atoms with E-state index in [1.54, 1.807) is 0 Å². The summed E-state index contributed by atoms with van der Waals surface area (Å²) in [6, 6.07) is 9.74. The summed E-state index contributed by atoms with van der Waals surface area (Å²) in [5, 5.41) is 3.11. The van der Waals surface area contributed by atoms with E-state index in [1.807, 2.05) is 51.2 Å². The maximum Gasteiger partial charge on any atom is 0.401 e. The number of benzene rings is 1. The van der Waals surface area contributed by atoms with Gasteiger partial charge >= 0.3 is 6.18 Å². The second-order valence-corrected chi connectivity index (χ2v) is 5.78. The Balaban J connectivity index is 2.93. The van der Waals surface area contributed by atoms with Crippen LogP contribution in [-0.4, -0.2) is 44.3 Å². The van der Waals surface area contributed by atoms with Crippen LogP contribution in [0.15, 0.2) is 30.3 Å². The molecule has 1 unspecified atom stereocenters. The highest BCUT2D eigenvalue weighted by Gasteiger charge is 2.35. The first-order valence-electron chi connectivity index (χ1n) is 7.30. The van der Waals surface area contributed by atoms with E-state index in [1.165, 1.54) is 4.90 Å². The van der Waals surface area contributed by atoms with Crippen molar-refractivity contribution in [3.63, 3.8) is 0 Å². The Morgan fingerprint density at radius 2 is 1.71 bits per heavy atom. The number of nitrogens with zero attached hydrogens (tertiary/aromatic N) is 1. The average molecular weight is 302 g/mol. The van der Waals surface area contributed by atoms with Gasteiger partial charge in [0.1, 0.15) is 0 Å². The predicted molar refractivity (Wildman–Crippen MR) is 80.5 cm³/mol. The summed E-state index contributed by atoms with van der Waals surface area (Å²) in [6.07, 6.45) is -3.45. The molecule has 0 saturated carbocycles. The van der Waals surface area contributed by atoms with Crippen molar-refractivity contribution in [2.45, 2.75) is 31.9 Å². The molecule has 21 heavy (non-hydrogen) atoms. The molecular weight excluding hydrogens is 277 g/mol. The normalized spacial score (nSPS) is 15.2. The molecule has 0 aliphatic heterocycles. The van der Waals surface area contributed by atoms with E-state index in [2.05, 4.69) is 5.32 Å². The van der Waals surface area contributed by atoms with Crippen LogP contribution < -0.4 is 5.32 Å². The largest absolute Gasteiger partial charge is 0.401 e. The maximum atomic E-state index is 12.7. The van der Waals surface area contributed by atoms with Gasteiger partial charge in [0.05, 0.1) is 6.54 Å². The topological polar surface area (TPSA) is 15.3 Å². The quantitative estimate of drug-likeness (QED) is 0.791. The fourth-order valence-corrected chi connectivity index (χ4v) is 2.76. The van der Waals surface area contributed by atoms with Gasteiger partial charge in [-0.05, 0) is 25.6 Å². The van der Waals surface area contributed by atoms with Crippen molar-refractivity contribution in [3.05, 3.63) is 35.9 Å². The Morgan fingerprint density at radius 1 is 1.10 bits per heavy atom. The zero-order valence-corrected chi connectivity index (χ0v) is 13.0. The third-order valence-electron chi connectivity index (χ3n) is 3.55. The Morgan fingerprint density at radius 3 is 2.19 bits per heavy atom. The number of rotatable bonds is 8. The van der Waals surface area contributed by atoms with Crippen molar-refractivity contribution in [1.82, 2.24) is 10.2 Å². The zero-order chi connectivity index (χ0) is 15.9. The minimum atomic E-state index is -4.16. The minimum Gasteiger partial charge on any atom is -0.319 e. The number of hydrogen-bond acceptors (Lipinski definition) is 2. The lowest BCUT2D eigenvalue weighted by atomic mass is 9.81. The highest BCUT2D eigenvalue weighted by Crippen LogP contribution is 2.26. The summed E-state index contributed by atoms with van der Waals surface area (Å²) < 4.78 is 38.2. The van der Waals surface area contributed by atoms with Crippen molar-refractivity contribution in [2.75, 3.05) is 33.2 Å². The number of likely N-dealkylation sites (N-methyl/N-ethyl adjacent to an activating group) is 1. The molecule has 0 radical (unpaired) electrons. The van der Waals surface area contributed by atoms with E-state index in [-0.39, 0.29) is 5.41 Å². The lowest BCUT2D eigenvalue weighted by Crippen LogP contribution is -2.47. The first-order chi connectivity index (χ1) is 9.80. The van der Waals surface area contributed by atoms with Crippen LogP contribution in [0, 0.1) is 0 Å². The average Bonchev–Trinajstić information content (AvgIpc) is 2.38. The maximum absolute atomic E-state index is 12.7. The third kappa shape index (κ3) is 6.06. The van der Waals surface area contributed by atoms with Crippen molar-refractivity contribution >= 4 is 0 Å². The van der Waals surface area contributed by atoms with Gasteiger partial charge in [-0.2, -0.15) is 13.2 Å². The van der Waals surface area contributed by atoms with Gasteiger partial charge in [-0.15, -0.1) is 0 Å². The molecule has 1 aromatic rings. The molecule has 2 nitrogen and oxygen atoms in total. The number of halogens is 3. The van der Waals surface area contributed by atoms with E-state index in [0.717, 1.165) is 5.56 Å². The molecule has 0 aromatic heterocycles. The molecule has 0 bridgehead atoms. The highest BCUT2D eigenvalue weighted by atomic mass is 19.4. The summed E-state index contributed by atoms with van der Waals surface area (Å²) >= 11 is 0. The molecule has 0 fully saturated rings. The summed E-state index contributed by atoms with van der Waals surface area (Å²) in [5.41, 5.74) is 0.707. The van der Waals surface area contributed by atoms with Crippen LogP contribution in [0.25, 0.3) is 0 Å². The molecule has 0 spiro atoms. The van der Waals surface area contributed by atoms with Crippen molar-refractivity contribution in [1.29, 1.82) is 0 Å². The van der Waals surface area contributed by atoms with E-state index in [4.69, 9.17) is 0 Å². The molecule has 1 rings (SSSR count). The molecule has 0 heterocycles. The van der Waals surface area contributed by atoms with E-state index < -0.39 is 12.7 Å². The van der Waals surface area contributed by atoms with Gasteiger partial charge in [0.25, 0.3) is 0 Å². The number of nitrogens with one attached hydrogen (secondary N) is 1. The lowest BCUT2D eigenvalue weighted by molar-refractivity contribution is -0.147. The molecule has 5 heteroatoms. The minimum absolute atomic E-state index is 0.351. The molecule has 120 valence electrons. The monoisotopic (exact) mass is 302 g/mol. The summed E-state index contributed by atoms with van der Waals surface area (Å²) in [5.74, 6) is 0. The zero-order valence-electron chi connectivity index (χ0n) is 13.0. The first-order valence-corrected chi connectivity index (χ1v) is 7.30. The van der Waals surface area contributed by atoms with Crippen LogP contribution in [0.5, 0.6) is 0 Å². The van der Waals surface area contributed by atoms with Crippen molar-refractivity contribution in [2.24, 2.45) is 0 Å². The molecule has 0 saturated heterocycles. The fraction of sp³-hybridized carbons (Fsp3) is 0.625. The molecule has 1 atom stereocenters. The summed E-state index contributed by atoms with van der Waals surface area (Å²) in [6.45, 7) is 4.53. The smallest absolute Gasteiger partial charge is 0.319 e. The lowest BCUT2D eigenvalue weighted by Gasteiger charge is -2.36. The van der Waals surface area contributed by atoms with Crippen LogP contribution in [0.3, 0.4) is 0 Å². The molecular formula is C16H25F3N2. The van der Waals surface area contributed by atoms with Gasteiger partial charge < -0.3 is 5.32 Å².